The maximum absolute atomic E-state index is 13.2. The normalized spacial score (nSPS) is 22.5. The molecule has 1 heterocycles. The molecule has 0 spiro atoms. The second-order valence-corrected chi connectivity index (χ2v) is 7.21. The van der Waals surface area contributed by atoms with E-state index in [2.05, 4.69) is 5.43 Å². The summed E-state index contributed by atoms with van der Waals surface area (Å²) in [6.45, 7) is 7.00. The molecule has 1 fully saturated rings. The van der Waals surface area contributed by atoms with Crippen molar-refractivity contribution in [3.63, 3.8) is 0 Å². The van der Waals surface area contributed by atoms with Gasteiger partial charge in [0.25, 0.3) is 11.6 Å². The third-order valence-electron chi connectivity index (χ3n) is 4.20. The summed E-state index contributed by atoms with van der Waals surface area (Å²) in [6.07, 6.45) is -4.39. The van der Waals surface area contributed by atoms with Crippen LogP contribution in [0.5, 0.6) is 5.75 Å². The topological polar surface area (TPSA) is 61.8 Å². The highest BCUT2D eigenvalue weighted by atomic mass is 19.4. The summed E-state index contributed by atoms with van der Waals surface area (Å²) < 4.78 is 45.0. The molecule has 0 bridgehead atoms. The summed E-state index contributed by atoms with van der Waals surface area (Å²) in [5.41, 5.74) is 0.103. The number of alkyl halides is 3. The fourth-order valence-electron chi connectivity index (χ4n) is 2.54. The van der Waals surface area contributed by atoms with Gasteiger partial charge in [0.15, 0.2) is 6.61 Å². The van der Waals surface area contributed by atoms with Crippen LogP contribution in [0, 0.1) is 0 Å². The molecule has 1 atom stereocenters. The number of rotatable bonds is 3. The van der Waals surface area contributed by atoms with Gasteiger partial charge in [-0.3, -0.25) is 10.2 Å². The van der Waals surface area contributed by atoms with Gasteiger partial charge in [-0.05, 0) is 30.0 Å². The van der Waals surface area contributed by atoms with Crippen molar-refractivity contribution in [1.29, 1.82) is 0 Å². The number of carbonyl (C=O) groups is 1. The minimum absolute atomic E-state index is 0.0556. The highest BCUT2D eigenvalue weighted by Gasteiger charge is 2.63. The molecular formula is C18H23F3N2O3. The van der Waals surface area contributed by atoms with Gasteiger partial charge < -0.3 is 9.84 Å². The van der Waals surface area contributed by atoms with Crippen molar-refractivity contribution in [3.8, 4) is 5.75 Å². The highest BCUT2D eigenvalue weighted by molar-refractivity contribution is 5.78. The van der Waals surface area contributed by atoms with Crippen molar-refractivity contribution in [2.45, 2.75) is 51.4 Å². The molecule has 2 N–H and O–H groups in total. The van der Waals surface area contributed by atoms with Gasteiger partial charge in [0, 0.05) is 12.1 Å². The van der Waals surface area contributed by atoms with Gasteiger partial charge in [0.1, 0.15) is 5.75 Å². The maximum Gasteiger partial charge on any atom is 0.438 e. The number of hydrazine groups is 1. The van der Waals surface area contributed by atoms with E-state index in [1.165, 1.54) is 13.0 Å². The standard InChI is InChI=1S/C18H23F3N2O3/c1-5-13-10-17(25,18(19,20)21)23(22-13)15(24)11-26-14-8-6-12(7-9-14)16(2,3)4/h5-9,22,25H,10-11H2,1-4H3. The molecule has 1 aromatic carbocycles. The molecule has 5 nitrogen and oxygen atoms in total. The number of amides is 1. The number of hydrogen-bond acceptors (Lipinski definition) is 4. The number of halogens is 3. The van der Waals surface area contributed by atoms with E-state index in [1.807, 2.05) is 32.9 Å². The predicted molar refractivity (Wildman–Crippen MR) is 90.0 cm³/mol. The molecule has 0 aromatic heterocycles. The second-order valence-electron chi connectivity index (χ2n) is 7.21. The van der Waals surface area contributed by atoms with Gasteiger partial charge in [-0.15, -0.1) is 0 Å². The van der Waals surface area contributed by atoms with Gasteiger partial charge in [-0.1, -0.05) is 39.0 Å². The Kier molecular flexibility index (Phi) is 5.28. The fraction of sp³-hybridized carbons (Fsp3) is 0.500. The molecule has 1 unspecified atom stereocenters. The van der Waals surface area contributed by atoms with Crippen LogP contribution in [0.25, 0.3) is 0 Å². The Labute approximate surface area is 150 Å². The van der Waals surface area contributed by atoms with Crippen LogP contribution in [-0.4, -0.2) is 34.5 Å². The second kappa shape index (κ2) is 6.83. The van der Waals surface area contributed by atoms with E-state index in [9.17, 15) is 23.1 Å². The van der Waals surface area contributed by atoms with Crippen molar-refractivity contribution in [2.75, 3.05) is 6.61 Å². The molecule has 0 saturated carbocycles. The summed E-state index contributed by atoms with van der Waals surface area (Å²) in [7, 11) is 0. The monoisotopic (exact) mass is 372 g/mol. The average molecular weight is 372 g/mol. The first-order valence-electron chi connectivity index (χ1n) is 8.16. The van der Waals surface area contributed by atoms with E-state index < -0.39 is 30.8 Å². The van der Waals surface area contributed by atoms with Crippen molar-refractivity contribution >= 4 is 5.91 Å². The van der Waals surface area contributed by atoms with Gasteiger partial charge in [0.05, 0.1) is 0 Å². The Balaban J connectivity index is 2.09. The van der Waals surface area contributed by atoms with Crippen LogP contribution < -0.4 is 10.2 Å². The molecule has 1 aromatic rings. The van der Waals surface area contributed by atoms with Crippen molar-refractivity contribution in [3.05, 3.63) is 41.6 Å². The molecule has 1 aliphatic rings. The lowest BCUT2D eigenvalue weighted by Crippen LogP contribution is -2.60. The molecular weight excluding hydrogens is 349 g/mol. The number of benzene rings is 1. The first-order valence-corrected chi connectivity index (χ1v) is 8.16. The Morgan fingerprint density at radius 2 is 1.88 bits per heavy atom. The SMILES string of the molecule is CC=C1CC(O)(C(F)(F)F)N(C(=O)COc2ccc(C(C)(C)C)cc2)N1. The average Bonchev–Trinajstić information content (AvgIpc) is 2.90. The third-order valence-corrected chi connectivity index (χ3v) is 4.20. The Morgan fingerprint density at radius 1 is 1.31 bits per heavy atom. The van der Waals surface area contributed by atoms with Crippen molar-refractivity contribution in [1.82, 2.24) is 10.4 Å². The first kappa shape index (κ1) is 20.1. The largest absolute Gasteiger partial charge is 0.484 e. The lowest BCUT2D eigenvalue weighted by Gasteiger charge is -2.33. The maximum atomic E-state index is 13.2. The molecule has 0 aliphatic carbocycles. The number of ether oxygens (including phenoxy) is 1. The van der Waals surface area contributed by atoms with Crippen molar-refractivity contribution < 1.29 is 27.8 Å². The fourth-order valence-corrected chi connectivity index (χ4v) is 2.54. The third kappa shape index (κ3) is 3.95. The van der Waals surface area contributed by atoms with Crippen molar-refractivity contribution in [2.24, 2.45) is 0 Å². The Bertz CT molecular complexity index is 693. The van der Waals surface area contributed by atoms with E-state index in [-0.39, 0.29) is 16.1 Å². The molecule has 0 radical (unpaired) electrons. The molecule has 1 amide bonds. The van der Waals surface area contributed by atoms with Gasteiger partial charge in [-0.25, -0.2) is 5.01 Å². The van der Waals surface area contributed by atoms with E-state index in [1.54, 1.807) is 12.1 Å². The van der Waals surface area contributed by atoms with Crippen LogP contribution in [0.3, 0.4) is 0 Å². The van der Waals surface area contributed by atoms with Gasteiger partial charge in [-0.2, -0.15) is 13.2 Å². The number of allylic oxidation sites excluding steroid dienone is 1. The van der Waals surface area contributed by atoms with E-state index in [0.29, 0.717) is 5.75 Å². The van der Waals surface area contributed by atoms with E-state index in [4.69, 9.17) is 4.74 Å². The zero-order valence-electron chi connectivity index (χ0n) is 15.1. The zero-order valence-corrected chi connectivity index (χ0v) is 15.1. The van der Waals surface area contributed by atoms with Crippen LogP contribution in [0.1, 0.15) is 39.7 Å². The Morgan fingerprint density at radius 3 is 2.35 bits per heavy atom. The first-order chi connectivity index (χ1) is 11.9. The molecule has 1 aliphatic heterocycles. The lowest BCUT2D eigenvalue weighted by atomic mass is 9.87. The quantitative estimate of drug-likeness (QED) is 0.855. The van der Waals surface area contributed by atoms with Gasteiger partial charge in [0.2, 0.25) is 0 Å². The summed E-state index contributed by atoms with van der Waals surface area (Å²) in [5, 5.41) is 10.2. The number of aliphatic hydroxyl groups is 1. The van der Waals surface area contributed by atoms with E-state index in [0.717, 1.165) is 5.56 Å². The molecule has 1 saturated heterocycles. The van der Waals surface area contributed by atoms with Crippen LogP contribution >= 0.6 is 0 Å². The van der Waals surface area contributed by atoms with Crippen LogP contribution in [0.4, 0.5) is 13.2 Å². The number of carbonyl (C=O) groups excluding carboxylic acids is 1. The minimum atomic E-state index is -5.01. The summed E-state index contributed by atoms with van der Waals surface area (Å²) in [6, 6.07) is 6.97. The van der Waals surface area contributed by atoms with Crippen LogP contribution in [-0.2, 0) is 10.2 Å². The van der Waals surface area contributed by atoms with Crippen LogP contribution in [0.2, 0.25) is 0 Å². The molecule has 144 valence electrons. The summed E-state index contributed by atoms with van der Waals surface area (Å²) in [5.74, 6) is -0.672. The van der Waals surface area contributed by atoms with E-state index >= 15 is 0 Å². The number of nitrogens with zero attached hydrogens (tertiary/aromatic N) is 1. The molecule has 2 rings (SSSR count). The number of nitrogens with one attached hydrogen (secondary N) is 1. The number of hydrogen-bond donors (Lipinski definition) is 2. The lowest BCUT2D eigenvalue weighted by molar-refractivity contribution is -0.304. The predicted octanol–water partition coefficient (Wildman–Crippen LogP) is 3.25. The minimum Gasteiger partial charge on any atom is -0.484 e. The summed E-state index contributed by atoms with van der Waals surface area (Å²) >= 11 is 0. The summed E-state index contributed by atoms with van der Waals surface area (Å²) in [4.78, 5) is 12.2. The smallest absolute Gasteiger partial charge is 0.438 e. The molecule has 26 heavy (non-hydrogen) atoms. The zero-order chi connectivity index (χ0) is 19.8. The molecule has 8 heteroatoms. The van der Waals surface area contributed by atoms with Gasteiger partial charge >= 0.3 is 6.18 Å². The Hall–Kier alpha value is -2.22. The highest BCUT2D eigenvalue weighted by Crippen LogP contribution is 2.41. The van der Waals surface area contributed by atoms with Crippen LogP contribution in [0.15, 0.2) is 36.0 Å².